The van der Waals surface area contributed by atoms with E-state index in [9.17, 15) is 0 Å². The fraction of sp³-hybridized carbons (Fsp3) is 0.429. The first-order chi connectivity index (χ1) is 11.6. The van der Waals surface area contributed by atoms with Crippen LogP contribution in [0.15, 0.2) is 47.5 Å². The zero-order chi connectivity index (χ0) is 16.3. The molecular weight excluding hydrogens is 296 g/mol. The van der Waals surface area contributed by atoms with Crippen molar-refractivity contribution in [3.8, 4) is 0 Å². The molecule has 2 heterocycles. The van der Waals surface area contributed by atoms with Crippen LogP contribution in [-0.2, 0) is 11.2 Å². The Hall–Kier alpha value is -2.16. The monoisotopic (exact) mass is 318 g/mol. The number of nitrogens with zero attached hydrogens (tertiary/aromatic N) is 2. The molecule has 3 aliphatic carbocycles. The van der Waals surface area contributed by atoms with Gasteiger partial charge in [-0.3, -0.25) is 0 Å². The second-order valence-electron chi connectivity index (χ2n) is 7.92. The minimum absolute atomic E-state index is 0.0866. The molecule has 1 fully saturated rings. The van der Waals surface area contributed by atoms with Crippen LogP contribution in [0.3, 0.4) is 0 Å². The number of hydrogen-bond acceptors (Lipinski definition) is 3. The molecule has 0 N–H and O–H groups in total. The average molecular weight is 318 g/mol. The number of benzene rings is 1. The van der Waals surface area contributed by atoms with Gasteiger partial charge in [-0.15, -0.1) is 0 Å². The molecule has 2 aromatic rings. The molecule has 1 aromatic heterocycles. The van der Waals surface area contributed by atoms with Crippen LogP contribution in [0.25, 0.3) is 0 Å². The Labute approximate surface area is 142 Å². The Bertz CT molecular complexity index is 825. The Morgan fingerprint density at radius 1 is 1.08 bits per heavy atom. The number of aromatic nitrogens is 1. The summed E-state index contributed by atoms with van der Waals surface area (Å²) in [5.74, 6) is 2.12. The molecule has 24 heavy (non-hydrogen) atoms. The number of aliphatic imine (C=N–C) groups is 1. The molecule has 2 bridgehead atoms. The van der Waals surface area contributed by atoms with Gasteiger partial charge in [0.1, 0.15) is 18.3 Å². The summed E-state index contributed by atoms with van der Waals surface area (Å²) in [6.07, 6.45) is 2.46. The summed E-state index contributed by atoms with van der Waals surface area (Å²) >= 11 is 0. The van der Waals surface area contributed by atoms with Gasteiger partial charge in [-0.25, -0.2) is 9.98 Å². The molecule has 0 saturated heterocycles. The Kier molecular flexibility index (Phi) is 2.91. The third-order valence-corrected chi connectivity index (χ3v) is 6.33. The summed E-state index contributed by atoms with van der Waals surface area (Å²) in [6, 6.07) is 14.8. The molecule has 3 nitrogen and oxygen atoms in total. The number of ether oxygens (including phenoxy) is 1. The Morgan fingerprint density at radius 2 is 1.92 bits per heavy atom. The first-order valence-electron chi connectivity index (χ1n) is 8.88. The van der Waals surface area contributed by atoms with Crippen molar-refractivity contribution in [2.45, 2.75) is 38.6 Å². The van der Waals surface area contributed by atoms with Crippen molar-refractivity contribution >= 4 is 5.90 Å². The first-order valence-corrected chi connectivity index (χ1v) is 8.88. The van der Waals surface area contributed by atoms with Crippen molar-refractivity contribution in [2.24, 2.45) is 16.3 Å². The van der Waals surface area contributed by atoms with Crippen LogP contribution in [0.5, 0.6) is 0 Å². The van der Waals surface area contributed by atoms with E-state index in [2.05, 4.69) is 50.2 Å². The molecule has 0 spiro atoms. The van der Waals surface area contributed by atoms with Crippen molar-refractivity contribution < 1.29 is 4.74 Å². The van der Waals surface area contributed by atoms with Gasteiger partial charge in [0.15, 0.2) is 0 Å². The Balaban J connectivity index is 1.48. The predicted octanol–water partition coefficient (Wildman–Crippen LogP) is 4.29. The zero-order valence-corrected chi connectivity index (χ0v) is 14.2. The minimum atomic E-state index is 0.0866. The van der Waals surface area contributed by atoms with Gasteiger partial charge in [0.05, 0.1) is 0 Å². The van der Waals surface area contributed by atoms with Crippen molar-refractivity contribution in [2.75, 3.05) is 6.61 Å². The van der Waals surface area contributed by atoms with Crippen molar-refractivity contribution in [3.05, 3.63) is 65.0 Å². The highest BCUT2D eigenvalue weighted by atomic mass is 16.5. The van der Waals surface area contributed by atoms with Crippen LogP contribution in [0.4, 0.5) is 0 Å². The molecule has 122 valence electrons. The second kappa shape index (κ2) is 4.92. The molecule has 0 amide bonds. The average Bonchev–Trinajstić information content (AvgIpc) is 3.11. The number of pyridine rings is 1. The van der Waals surface area contributed by atoms with Gasteiger partial charge in [-0.05, 0) is 41.4 Å². The van der Waals surface area contributed by atoms with Crippen LogP contribution >= 0.6 is 0 Å². The van der Waals surface area contributed by atoms with E-state index in [0.717, 1.165) is 11.6 Å². The SMILES string of the molecule is CC1(C)C2Cc3ccc(C4=NC(c5ccccc5)CO4)nc3C1C2. The van der Waals surface area contributed by atoms with Crippen LogP contribution in [0.1, 0.15) is 54.7 Å². The van der Waals surface area contributed by atoms with E-state index in [1.165, 1.54) is 29.7 Å². The summed E-state index contributed by atoms with van der Waals surface area (Å²) in [5, 5.41) is 0. The highest BCUT2D eigenvalue weighted by molar-refractivity contribution is 5.93. The number of rotatable bonds is 2. The molecule has 1 saturated carbocycles. The number of hydrogen-bond donors (Lipinski definition) is 0. The summed E-state index contributed by atoms with van der Waals surface area (Å²) in [4.78, 5) is 9.77. The van der Waals surface area contributed by atoms with Crippen molar-refractivity contribution in [1.29, 1.82) is 0 Å². The molecule has 0 radical (unpaired) electrons. The maximum Gasteiger partial charge on any atom is 0.236 e. The van der Waals surface area contributed by atoms with Crippen LogP contribution in [-0.4, -0.2) is 17.5 Å². The van der Waals surface area contributed by atoms with E-state index in [1.54, 1.807) is 0 Å². The van der Waals surface area contributed by atoms with Gasteiger partial charge in [-0.2, -0.15) is 0 Å². The first kappa shape index (κ1) is 14.2. The quantitative estimate of drug-likeness (QED) is 0.828. The van der Waals surface area contributed by atoms with E-state index in [-0.39, 0.29) is 6.04 Å². The van der Waals surface area contributed by atoms with Crippen LogP contribution < -0.4 is 0 Å². The lowest BCUT2D eigenvalue weighted by Crippen LogP contribution is -2.48. The van der Waals surface area contributed by atoms with Crippen molar-refractivity contribution in [3.63, 3.8) is 0 Å². The second-order valence-corrected chi connectivity index (χ2v) is 7.92. The lowest BCUT2D eigenvalue weighted by atomic mass is 9.48. The maximum absolute atomic E-state index is 5.88. The van der Waals surface area contributed by atoms with E-state index in [1.807, 2.05) is 6.07 Å². The van der Waals surface area contributed by atoms with E-state index < -0.39 is 0 Å². The van der Waals surface area contributed by atoms with Gasteiger partial charge in [-0.1, -0.05) is 50.2 Å². The lowest BCUT2D eigenvalue weighted by Gasteiger charge is -2.56. The fourth-order valence-electron chi connectivity index (χ4n) is 4.55. The smallest absolute Gasteiger partial charge is 0.236 e. The Morgan fingerprint density at radius 3 is 2.71 bits per heavy atom. The van der Waals surface area contributed by atoms with Crippen LogP contribution in [0.2, 0.25) is 0 Å². The van der Waals surface area contributed by atoms with Gasteiger partial charge in [0.2, 0.25) is 5.90 Å². The normalized spacial score (nSPS) is 29.2. The van der Waals surface area contributed by atoms with E-state index in [4.69, 9.17) is 14.7 Å². The topological polar surface area (TPSA) is 34.5 Å². The molecule has 3 atom stereocenters. The van der Waals surface area contributed by atoms with Crippen molar-refractivity contribution in [1.82, 2.24) is 4.98 Å². The molecule has 6 rings (SSSR count). The van der Waals surface area contributed by atoms with Gasteiger partial charge in [0, 0.05) is 11.6 Å². The maximum atomic E-state index is 5.88. The summed E-state index contributed by atoms with van der Waals surface area (Å²) < 4.78 is 5.88. The van der Waals surface area contributed by atoms with Gasteiger partial charge >= 0.3 is 0 Å². The largest absolute Gasteiger partial charge is 0.474 e. The molecule has 3 unspecified atom stereocenters. The molecule has 1 aliphatic heterocycles. The molecule has 4 aliphatic rings. The summed E-state index contributed by atoms with van der Waals surface area (Å²) in [6.45, 7) is 5.38. The van der Waals surface area contributed by atoms with E-state index in [0.29, 0.717) is 23.8 Å². The molecule has 3 heteroatoms. The standard InChI is InChI=1S/C21H22N2O/c1-21(2)15-10-14-8-9-17(22-19(14)16(21)11-15)20-23-18(12-24-20)13-6-4-3-5-7-13/h3-9,15-16,18H,10-12H2,1-2H3. The molecular formula is C21H22N2O. The van der Waals surface area contributed by atoms with Gasteiger partial charge in [0.25, 0.3) is 0 Å². The zero-order valence-electron chi connectivity index (χ0n) is 14.2. The van der Waals surface area contributed by atoms with E-state index >= 15 is 0 Å². The third-order valence-electron chi connectivity index (χ3n) is 6.33. The minimum Gasteiger partial charge on any atom is -0.474 e. The highest BCUT2D eigenvalue weighted by Crippen LogP contribution is 2.61. The fourth-order valence-corrected chi connectivity index (χ4v) is 4.55. The predicted molar refractivity (Wildman–Crippen MR) is 94.2 cm³/mol. The summed E-state index contributed by atoms with van der Waals surface area (Å²) in [7, 11) is 0. The highest BCUT2D eigenvalue weighted by Gasteiger charge is 2.53. The van der Waals surface area contributed by atoms with Gasteiger partial charge < -0.3 is 4.74 Å². The lowest BCUT2D eigenvalue weighted by molar-refractivity contribution is 0.0154. The molecule has 1 aromatic carbocycles. The van der Waals surface area contributed by atoms with Crippen LogP contribution in [0, 0.1) is 11.3 Å². The summed E-state index contributed by atoms with van der Waals surface area (Å²) in [5.41, 5.74) is 5.21. The third kappa shape index (κ3) is 1.97.